The van der Waals surface area contributed by atoms with Crippen LogP contribution in [-0.4, -0.2) is 6.54 Å². The second kappa shape index (κ2) is 6.12. The number of benzene rings is 1. The third kappa shape index (κ3) is 3.66. The van der Waals surface area contributed by atoms with E-state index in [1.54, 1.807) is 0 Å². The molecule has 0 heterocycles. The summed E-state index contributed by atoms with van der Waals surface area (Å²) in [7, 11) is 0. The summed E-state index contributed by atoms with van der Waals surface area (Å²) in [5.74, 6) is 1.83. The van der Waals surface area contributed by atoms with Gasteiger partial charge in [-0.15, -0.1) is 0 Å². The molecule has 1 aliphatic rings. The number of nitrogens with two attached hydrogens (primary N) is 1. The molecule has 1 saturated carbocycles. The molecule has 2 atom stereocenters. The van der Waals surface area contributed by atoms with E-state index in [2.05, 4.69) is 31.3 Å². The normalized spacial score (nSPS) is 23.9. The molecule has 3 N–H and O–H groups in total. The average molecular weight is 246 g/mol. The molecule has 1 aromatic carbocycles. The lowest BCUT2D eigenvalue weighted by atomic mass is 9.81. The largest absolute Gasteiger partial charge is 0.397 e. The quantitative estimate of drug-likeness (QED) is 0.781. The maximum Gasteiger partial charge on any atom is 0.0574 e. The predicted octanol–water partition coefficient (Wildman–Crippen LogP) is 4.21. The van der Waals surface area contributed by atoms with Gasteiger partial charge in [0.25, 0.3) is 0 Å². The number of hydrogen-bond acceptors (Lipinski definition) is 2. The number of hydrogen-bond donors (Lipinski definition) is 2. The van der Waals surface area contributed by atoms with Crippen LogP contribution in [0, 0.1) is 18.8 Å². The van der Waals surface area contributed by atoms with Crippen molar-refractivity contribution < 1.29 is 0 Å². The number of anilines is 2. The Hall–Kier alpha value is -1.18. The average Bonchev–Trinajstić information content (AvgIpc) is 2.32. The minimum absolute atomic E-state index is 0.868. The number of nitrogens with one attached hydrogen (secondary N) is 1. The molecule has 100 valence electrons. The van der Waals surface area contributed by atoms with Crippen LogP contribution in [0.3, 0.4) is 0 Å². The van der Waals surface area contributed by atoms with Gasteiger partial charge in [-0.2, -0.15) is 0 Å². The lowest BCUT2D eigenvalue weighted by Crippen LogP contribution is -2.16. The van der Waals surface area contributed by atoms with Gasteiger partial charge in [0, 0.05) is 6.54 Å². The van der Waals surface area contributed by atoms with Crippen LogP contribution >= 0.6 is 0 Å². The zero-order valence-electron chi connectivity index (χ0n) is 11.7. The van der Waals surface area contributed by atoms with Crippen LogP contribution in [0.4, 0.5) is 11.4 Å². The highest BCUT2D eigenvalue weighted by Gasteiger charge is 2.18. The summed E-state index contributed by atoms with van der Waals surface area (Å²) in [6.07, 6.45) is 6.94. The van der Waals surface area contributed by atoms with Crippen LogP contribution in [0.2, 0.25) is 0 Å². The highest BCUT2D eigenvalue weighted by molar-refractivity contribution is 5.66. The summed E-state index contributed by atoms with van der Waals surface area (Å²) in [4.78, 5) is 0. The minimum atomic E-state index is 0.868. The van der Waals surface area contributed by atoms with Crippen molar-refractivity contribution in [2.75, 3.05) is 17.6 Å². The molecule has 0 radical (unpaired) electrons. The van der Waals surface area contributed by atoms with Crippen molar-refractivity contribution in [2.24, 2.45) is 11.8 Å². The molecule has 0 spiro atoms. The third-order valence-corrected chi connectivity index (χ3v) is 4.12. The molecule has 2 heteroatoms. The Morgan fingerprint density at radius 3 is 2.89 bits per heavy atom. The van der Waals surface area contributed by atoms with Gasteiger partial charge in [-0.05, 0) is 49.3 Å². The molecular weight excluding hydrogens is 220 g/mol. The van der Waals surface area contributed by atoms with E-state index in [-0.39, 0.29) is 0 Å². The molecule has 18 heavy (non-hydrogen) atoms. The fourth-order valence-corrected chi connectivity index (χ4v) is 3.08. The van der Waals surface area contributed by atoms with Crippen LogP contribution in [0.5, 0.6) is 0 Å². The smallest absolute Gasteiger partial charge is 0.0574 e. The minimum Gasteiger partial charge on any atom is -0.397 e. The van der Waals surface area contributed by atoms with Crippen LogP contribution < -0.4 is 11.1 Å². The molecule has 0 amide bonds. The van der Waals surface area contributed by atoms with Crippen LogP contribution in [0.15, 0.2) is 18.2 Å². The lowest BCUT2D eigenvalue weighted by Gasteiger charge is -2.26. The van der Waals surface area contributed by atoms with Gasteiger partial charge in [-0.25, -0.2) is 0 Å². The van der Waals surface area contributed by atoms with Gasteiger partial charge in [0.1, 0.15) is 0 Å². The number of nitrogen functional groups attached to an aromatic ring is 1. The number of rotatable bonds is 4. The summed E-state index contributed by atoms with van der Waals surface area (Å²) in [5, 5.41) is 3.48. The lowest BCUT2D eigenvalue weighted by molar-refractivity contribution is 0.274. The SMILES string of the molecule is Cc1ccc(NCCC2CCCC(C)C2)c(N)c1. The Labute approximate surface area is 111 Å². The molecule has 0 aromatic heterocycles. The summed E-state index contributed by atoms with van der Waals surface area (Å²) in [5.41, 5.74) is 9.18. The first-order chi connectivity index (χ1) is 8.65. The fraction of sp³-hybridized carbons (Fsp3) is 0.625. The fourth-order valence-electron chi connectivity index (χ4n) is 3.08. The monoisotopic (exact) mass is 246 g/mol. The topological polar surface area (TPSA) is 38.0 Å². The first kappa shape index (κ1) is 13.3. The van der Waals surface area contributed by atoms with E-state index in [0.717, 1.165) is 29.8 Å². The Kier molecular flexibility index (Phi) is 4.51. The van der Waals surface area contributed by atoms with Crippen molar-refractivity contribution in [3.05, 3.63) is 23.8 Å². The van der Waals surface area contributed by atoms with Crippen molar-refractivity contribution in [3.8, 4) is 0 Å². The van der Waals surface area contributed by atoms with E-state index < -0.39 is 0 Å². The van der Waals surface area contributed by atoms with E-state index in [1.807, 2.05) is 6.07 Å². The highest BCUT2D eigenvalue weighted by atomic mass is 14.9. The van der Waals surface area contributed by atoms with Crippen molar-refractivity contribution in [1.82, 2.24) is 0 Å². The van der Waals surface area contributed by atoms with Crippen molar-refractivity contribution in [2.45, 2.75) is 46.0 Å². The van der Waals surface area contributed by atoms with Gasteiger partial charge in [-0.1, -0.05) is 32.3 Å². The van der Waals surface area contributed by atoms with Crippen molar-refractivity contribution >= 4 is 11.4 Å². The maximum absolute atomic E-state index is 6.00. The molecule has 0 bridgehead atoms. The molecule has 1 fully saturated rings. The van der Waals surface area contributed by atoms with E-state index in [1.165, 1.54) is 37.7 Å². The Balaban J connectivity index is 1.77. The predicted molar refractivity (Wildman–Crippen MR) is 79.8 cm³/mol. The molecule has 1 aliphatic carbocycles. The Bertz CT molecular complexity index is 387. The first-order valence-electron chi connectivity index (χ1n) is 7.25. The standard InChI is InChI=1S/C16H26N2/c1-12-4-3-5-14(10-12)8-9-18-16-7-6-13(2)11-15(16)17/h6-7,11-12,14,18H,3-5,8-10,17H2,1-2H3. The van der Waals surface area contributed by atoms with Gasteiger partial charge in [0.05, 0.1) is 11.4 Å². The van der Waals surface area contributed by atoms with Crippen LogP contribution in [-0.2, 0) is 0 Å². The third-order valence-electron chi connectivity index (χ3n) is 4.12. The Morgan fingerprint density at radius 2 is 2.17 bits per heavy atom. The molecule has 2 rings (SSSR count). The van der Waals surface area contributed by atoms with Crippen molar-refractivity contribution in [3.63, 3.8) is 0 Å². The van der Waals surface area contributed by atoms with Gasteiger partial charge in [-0.3, -0.25) is 0 Å². The summed E-state index contributed by atoms with van der Waals surface area (Å²) < 4.78 is 0. The van der Waals surface area contributed by atoms with Gasteiger partial charge in [0.2, 0.25) is 0 Å². The van der Waals surface area contributed by atoms with Crippen LogP contribution in [0.1, 0.15) is 44.6 Å². The molecule has 1 aromatic rings. The molecule has 0 aliphatic heterocycles. The van der Waals surface area contributed by atoms with E-state index >= 15 is 0 Å². The summed E-state index contributed by atoms with van der Waals surface area (Å²) in [6.45, 7) is 5.51. The number of aryl methyl sites for hydroxylation is 1. The van der Waals surface area contributed by atoms with Gasteiger partial charge < -0.3 is 11.1 Å². The summed E-state index contributed by atoms with van der Waals surface area (Å²) >= 11 is 0. The van der Waals surface area contributed by atoms with Crippen LogP contribution in [0.25, 0.3) is 0 Å². The zero-order chi connectivity index (χ0) is 13.0. The molecule has 2 unspecified atom stereocenters. The molecule has 2 nitrogen and oxygen atoms in total. The molecular formula is C16H26N2. The Morgan fingerprint density at radius 1 is 1.33 bits per heavy atom. The van der Waals surface area contributed by atoms with E-state index in [9.17, 15) is 0 Å². The van der Waals surface area contributed by atoms with E-state index in [4.69, 9.17) is 5.73 Å². The van der Waals surface area contributed by atoms with Gasteiger partial charge in [0.15, 0.2) is 0 Å². The zero-order valence-corrected chi connectivity index (χ0v) is 11.7. The highest BCUT2D eigenvalue weighted by Crippen LogP contribution is 2.30. The molecule has 0 saturated heterocycles. The van der Waals surface area contributed by atoms with Gasteiger partial charge >= 0.3 is 0 Å². The second-order valence-corrected chi connectivity index (χ2v) is 5.94. The summed E-state index contributed by atoms with van der Waals surface area (Å²) in [6, 6.07) is 6.24. The van der Waals surface area contributed by atoms with E-state index in [0.29, 0.717) is 0 Å². The second-order valence-electron chi connectivity index (χ2n) is 5.94. The maximum atomic E-state index is 6.00. The van der Waals surface area contributed by atoms with Crippen molar-refractivity contribution in [1.29, 1.82) is 0 Å². The first-order valence-corrected chi connectivity index (χ1v) is 7.25.